The van der Waals surface area contributed by atoms with Gasteiger partial charge < -0.3 is 4.74 Å². The quantitative estimate of drug-likeness (QED) is 0.483. The van der Waals surface area contributed by atoms with Crippen LogP contribution in [-0.4, -0.2) is 19.0 Å². The number of thiol groups is 1. The minimum absolute atomic E-state index is 0.616. The zero-order chi connectivity index (χ0) is 8.69. The Labute approximate surface area is 75.9 Å². The highest BCUT2D eigenvalue weighted by atomic mass is 32.1. The topological polar surface area (TPSA) is 9.23 Å². The predicted molar refractivity (Wildman–Crippen MR) is 53.3 cm³/mol. The van der Waals surface area contributed by atoms with Crippen LogP contribution in [0.3, 0.4) is 0 Å². The maximum absolute atomic E-state index is 5.45. The molecule has 1 unspecified atom stereocenters. The van der Waals surface area contributed by atoms with Crippen LogP contribution in [0.2, 0.25) is 0 Å². The van der Waals surface area contributed by atoms with Crippen LogP contribution in [0, 0.1) is 11.8 Å². The third kappa shape index (κ3) is 5.57. The maximum atomic E-state index is 5.45. The Morgan fingerprint density at radius 2 is 2.00 bits per heavy atom. The first-order valence-electron chi connectivity index (χ1n) is 4.41. The summed E-state index contributed by atoms with van der Waals surface area (Å²) in [4.78, 5) is 0. The lowest BCUT2D eigenvalue weighted by Crippen LogP contribution is -2.17. The lowest BCUT2D eigenvalue weighted by atomic mass is 9.99. The molecule has 0 fully saturated rings. The lowest BCUT2D eigenvalue weighted by Gasteiger charge is -2.17. The molecule has 0 rings (SSSR count). The third-order valence-electron chi connectivity index (χ3n) is 1.86. The van der Waals surface area contributed by atoms with E-state index < -0.39 is 0 Å². The van der Waals surface area contributed by atoms with Crippen LogP contribution in [-0.2, 0) is 4.74 Å². The average molecular weight is 176 g/mol. The van der Waals surface area contributed by atoms with Gasteiger partial charge in [0.25, 0.3) is 0 Å². The lowest BCUT2D eigenvalue weighted by molar-refractivity contribution is 0.0921. The molecule has 0 aromatic heterocycles. The first kappa shape index (κ1) is 11.3. The number of hydrogen-bond acceptors (Lipinski definition) is 2. The molecule has 0 N–H and O–H groups in total. The molecule has 0 aromatic rings. The van der Waals surface area contributed by atoms with Crippen molar-refractivity contribution < 1.29 is 4.74 Å². The molecule has 2 heteroatoms. The molecule has 0 spiro atoms. The van der Waals surface area contributed by atoms with Crippen molar-refractivity contribution >= 4 is 12.6 Å². The Morgan fingerprint density at radius 1 is 1.36 bits per heavy atom. The van der Waals surface area contributed by atoms with Gasteiger partial charge in [-0.2, -0.15) is 12.6 Å². The Bertz CT molecular complexity index is 83.6. The fraction of sp³-hybridized carbons (Fsp3) is 1.00. The van der Waals surface area contributed by atoms with Crippen molar-refractivity contribution in [1.29, 1.82) is 0 Å². The van der Waals surface area contributed by atoms with Crippen LogP contribution in [0.5, 0.6) is 0 Å². The molecule has 1 atom stereocenters. The van der Waals surface area contributed by atoms with Gasteiger partial charge in [0.2, 0.25) is 0 Å². The van der Waals surface area contributed by atoms with Gasteiger partial charge in [0, 0.05) is 6.61 Å². The van der Waals surface area contributed by atoms with E-state index in [0.717, 1.165) is 25.4 Å². The van der Waals surface area contributed by atoms with Crippen molar-refractivity contribution in [2.45, 2.75) is 27.2 Å². The molecule has 0 aromatic carbocycles. The van der Waals surface area contributed by atoms with Gasteiger partial charge in [0.05, 0.1) is 6.61 Å². The van der Waals surface area contributed by atoms with Crippen molar-refractivity contribution in [1.82, 2.24) is 0 Å². The summed E-state index contributed by atoms with van der Waals surface area (Å²) in [5, 5.41) is 0. The molecule has 0 aliphatic rings. The predicted octanol–water partition coefficient (Wildman–Crippen LogP) is 2.62. The van der Waals surface area contributed by atoms with Crippen LogP contribution in [0.4, 0.5) is 0 Å². The number of hydrogen-bond donors (Lipinski definition) is 1. The summed E-state index contributed by atoms with van der Waals surface area (Å²) in [5.41, 5.74) is 0. The highest BCUT2D eigenvalue weighted by Gasteiger charge is 2.10. The van der Waals surface area contributed by atoms with Gasteiger partial charge in [-0.3, -0.25) is 0 Å². The number of ether oxygens (including phenoxy) is 1. The third-order valence-corrected chi connectivity index (χ3v) is 2.33. The van der Waals surface area contributed by atoms with Gasteiger partial charge in [0.15, 0.2) is 0 Å². The molecule has 0 heterocycles. The molecule has 0 aliphatic heterocycles. The molecular formula is C9H20OS. The van der Waals surface area contributed by atoms with Crippen molar-refractivity contribution in [3.8, 4) is 0 Å². The van der Waals surface area contributed by atoms with E-state index in [1.807, 2.05) is 0 Å². The highest BCUT2D eigenvalue weighted by Crippen LogP contribution is 2.12. The molecule has 11 heavy (non-hydrogen) atoms. The summed E-state index contributed by atoms with van der Waals surface area (Å²) in [6, 6.07) is 0. The second kappa shape index (κ2) is 6.99. The first-order valence-corrected chi connectivity index (χ1v) is 5.04. The van der Waals surface area contributed by atoms with E-state index in [1.54, 1.807) is 0 Å². The summed E-state index contributed by atoms with van der Waals surface area (Å²) in [6.45, 7) is 8.32. The van der Waals surface area contributed by atoms with E-state index in [2.05, 4.69) is 33.4 Å². The van der Waals surface area contributed by atoms with Gasteiger partial charge >= 0.3 is 0 Å². The number of rotatable bonds is 6. The Hall–Kier alpha value is 0.310. The highest BCUT2D eigenvalue weighted by molar-refractivity contribution is 7.80. The minimum atomic E-state index is 0.616. The Balaban J connectivity index is 3.36. The average Bonchev–Trinajstić information content (AvgIpc) is 1.97. The van der Waals surface area contributed by atoms with Gasteiger partial charge in [-0.1, -0.05) is 20.8 Å². The van der Waals surface area contributed by atoms with E-state index in [4.69, 9.17) is 4.74 Å². The molecule has 68 valence electrons. The summed E-state index contributed by atoms with van der Waals surface area (Å²) in [7, 11) is 0. The van der Waals surface area contributed by atoms with Crippen LogP contribution >= 0.6 is 12.6 Å². The largest absolute Gasteiger partial charge is 0.381 e. The van der Waals surface area contributed by atoms with Gasteiger partial charge in [-0.25, -0.2) is 0 Å². The second-order valence-corrected chi connectivity index (χ2v) is 3.63. The van der Waals surface area contributed by atoms with E-state index in [9.17, 15) is 0 Å². The normalized spacial score (nSPS) is 13.9. The molecular weight excluding hydrogens is 156 g/mol. The van der Waals surface area contributed by atoms with Crippen molar-refractivity contribution in [3.05, 3.63) is 0 Å². The Morgan fingerprint density at radius 3 is 2.36 bits per heavy atom. The summed E-state index contributed by atoms with van der Waals surface area (Å²) in [6.07, 6.45) is 1.11. The molecule has 0 bridgehead atoms. The zero-order valence-corrected chi connectivity index (χ0v) is 8.73. The van der Waals surface area contributed by atoms with Crippen LogP contribution < -0.4 is 0 Å². The van der Waals surface area contributed by atoms with Crippen molar-refractivity contribution in [2.24, 2.45) is 11.8 Å². The first-order chi connectivity index (χ1) is 5.22. The molecule has 0 saturated heterocycles. The van der Waals surface area contributed by atoms with E-state index >= 15 is 0 Å². The SMILES string of the molecule is CCCOCC(CS)C(C)C. The fourth-order valence-corrected chi connectivity index (χ4v) is 1.36. The monoisotopic (exact) mass is 176 g/mol. The molecule has 1 nitrogen and oxygen atoms in total. The standard InChI is InChI=1S/C9H20OS/c1-4-5-10-6-9(7-11)8(2)3/h8-9,11H,4-7H2,1-3H3. The zero-order valence-electron chi connectivity index (χ0n) is 7.84. The fourth-order valence-electron chi connectivity index (χ4n) is 0.835. The molecule has 0 aliphatic carbocycles. The van der Waals surface area contributed by atoms with Gasteiger partial charge in [-0.05, 0) is 24.0 Å². The van der Waals surface area contributed by atoms with E-state index in [1.165, 1.54) is 0 Å². The molecule has 0 amide bonds. The van der Waals surface area contributed by atoms with Crippen LogP contribution in [0.25, 0.3) is 0 Å². The van der Waals surface area contributed by atoms with Crippen LogP contribution in [0.15, 0.2) is 0 Å². The smallest absolute Gasteiger partial charge is 0.0504 e. The summed E-state index contributed by atoms with van der Waals surface area (Å²) < 4.78 is 5.45. The Kier molecular flexibility index (Phi) is 7.18. The minimum Gasteiger partial charge on any atom is -0.381 e. The van der Waals surface area contributed by atoms with E-state index in [0.29, 0.717) is 11.8 Å². The molecule has 0 saturated carbocycles. The summed E-state index contributed by atoms with van der Waals surface area (Å²) in [5.74, 6) is 2.23. The maximum Gasteiger partial charge on any atom is 0.0504 e. The van der Waals surface area contributed by atoms with Crippen molar-refractivity contribution in [2.75, 3.05) is 19.0 Å². The van der Waals surface area contributed by atoms with Crippen LogP contribution in [0.1, 0.15) is 27.2 Å². The van der Waals surface area contributed by atoms with Gasteiger partial charge in [0.1, 0.15) is 0 Å². The van der Waals surface area contributed by atoms with E-state index in [-0.39, 0.29) is 0 Å². The second-order valence-electron chi connectivity index (χ2n) is 3.26. The van der Waals surface area contributed by atoms with Gasteiger partial charge in [-0.15, -0.1) is 0 Å². The van der Waals surface area contributed by atoms with Crippen molar-refractivity contribution in [3.63, 3.8) is 0 Å². The summed E-state index contributed by atoms with van der Waals surface area (Å²) >= 11 is 4.28. The molecule has 0 radical (unpaired) electrons.